The predicted octanol–water partition coefficient (Wildman–Crippen LogP) is 0.753. The fourth-order valence-corrected chi connectivity index (χ4v) is 1.62. The zero-order valence-electron chi connectivity index (χ0n) is 9.13. The molecular weight excluding hydrogens is 286 g/mol. The van der Waals surface area contributed by atoms with E-state index in [0.29, 0.717) is 6.54 Å². The van der Waals surface area contributed by atoms with Crippen molar-refractivity contribution >= 4 is 15.9 Å². The molecule has 17 heavy (non-hydrogen) atoms. The molecule has 2 heterocycles. The molecule has 2 aromatic rings. The summed E-state index contributed by atoms with van der Waals surface area (Å²) in [5.41, 5.74) is -0.354. The second kappa shape index (κ2) is 4.67. The minimum absolute atomic E-state index is 0.294. The van der Waals surface area contributed by atoms with Crippen LogP contribution >= 0.6 is 15.9 Å². The molecule has 0 bridgehead atoms. The highest BCUT2D eigenvalue weighted by atomic mass is 79.9. The Bertz CT molecular complexity index is 643. The molecule has 6 heteroatoms. The highest BCUT2D eigenvalue weighted by Crippen LogP contribution is 2.07. The number of hydrogen-bond acceptors (Lipinski definition) is 3. The summed E-state index contributed by atoms with van der Waals surface area (Å²) in [7, 11) is 1.55. The molecule has 0 aliphatic carbocycles. The van der Waals surface area contributed by atoms with Gasteiger partial charge in [0.2, 0.25) is 0 Å². The van der Waals surface area contributed by atoms with Gasteiger partial charge >= 0.3 is 11.1 Å². The Morgan fingerprint density at radius 1 is 1.24 bits per heavy atom. The highest BCUT2D eigenvalue weighted by Gasteiger charge is 2.03. The SMILES string of the molecule is Cn1ccn(Cc2ccc(Br)cn2)c(=O)c1=O. The minimum atomic E-state index is -0.542. The molecule has 0 fully saturated rings. The van der Waals surface area contributed by atoms with Crippen molar-refractivity contribution in [3.63, 3.8) is 0 Å². The number of halogens is 1. The van der Waals surface area contributed by atoms with Gasteiger partial charge in [-0.1, -0.05) is 0 Å². The van der Waals surface area contributed by atoms with Gasteiger partial charge < -0.3 is 9.13 Å². The molecule has 0 atom stereocenters. The van der Waals surface area contributed by atoms with E-state index in [9.17, 15) is 9.59 Å². The van der Waals surface area contributed by atoms with Crippen LogP contribution in [0.5, 0.6) is 0 Å². The summed E-state index contributed by atoms with van der Waals surface area (Å²) < 4.78 is 3.48. The van der Waals surface area contributed by atoms with Crippen molar-refractivity contribution in [3.8, 4) is 0 Å². The van der Waals surface area contributed by atoms with E-state index in [0.717, 1.165) is 10.2 Å². The van der Waals surface area contributed by atoms with Gasteiger partial charge in [0.05, 0.1) is 12.2 Å². The molecule has 0 amide bonds. The maximum atomic E-state index is 11.7. The second-order valence-corrected chi connectivity index (χ2v) is 4.53. The molecule has 0 spiro atoms. The van der Waals surface area contributed by atoms with E-state index in [-0.39, 0.29) is 0 Å². The molecule has 0 radical (unpaired) electrons. The van der Waals surface area contributed by atoms with Crippen molar-refractivity contribution in [1.82, 2.24) is 14.1 Å². The molecule has 2 rings (SSSR count). The van der Waals surface area contributed by atoms with E-state index in [1.165, 1.54) is 9.13 Å². The fourth-order valence-electron chi connectivity index (χ4n) is 1.39. The molecule has 0 aromatic carbocycles. The molecular formula is C11H10BrN3O2. The Labute approximate surface area is 105 Å². The van der Waals surface area contributed by atoms with Crippen LogP contribution in [0.4, 0.5) is 0 Å². The van der Waals surface area contributed by atoms with Crippen LogP contribution in [0, 0.1) is 0 Å². The van der Waals surface area contributed by atoms with Crippen LogP contribution in [0.3, 0.4) is 0 Å². The maximum absolute atomic E-state index is 11.7. The van der Waals surface area contributed by atoms with Gasteiger partial charge in [0.1, 0.15) is 0 Å². The van der Waals surface area contributed by atoms with Crippen molar-refractivity contribution in [2.45, 2.75) is 6.54 Å². The summed E-state index contributed by atoms with van der Waals surface area (Å²) in [6.45, 7) is 0.294. The first-order valence-electron chi connectivity index (χ1n) is 4.94. The Kier molecular flexibility index (Phi) is 3.23. The smallest absolute Gasteiger partial charge is 0.312 e. The normalized spacial score (nSPS) is 10.5. The van der Waals surface area contributed by atoms with Crippen LogP contribution in [0.15, 0.2) is 44.8 Å². The molecule has 0 saturated heterocycles. The molecule has 0 saturated carbocycles. The fraction of sp³-hybridized carbons (Fsp3) is 0.182. The van der Waals surface area contributed by atoms with E-state index in [1.807, 2.05) is 6.07 Å². The van der Waals surface area contributed by atoms with Gasteiger partial charge in [-0.3, -0.25) is 14.6 Å². The summed E-state index contributed by atoms with van der Waals surface area (Å²) in [5, 5.41) is 0. The number of aryl methyl sites for hydroxylation is 1. The largest absolute Gasteiger partial charge is 0.316 e. The molecule has 0 unspecified atom stereocenters. The van der Waals surface area contributed by atoms with Crippen LogP contribution in [-0.2, 0) is 13.6 Å². The summed E-state index contributed by atoms with van der Waals surface area (Å²) in [5.74, 6) is 0. The Morgan fingerprint density at radius 3 is 2.65 bits per heavy atom. The van der Waals surface area contributed by atoms with Gasteiger partial charge in [0.15, 0.2) is 0 Å². The molecule has 0 aliphatic rings. The third-order valence-corrected chi connectivity index (χ3v) is 2.82. The predicted molar refractivity (Wildman–Crippen MR) is 67.0 cm³/mol. The van der Waals surface area contributed by atoms with E-state index < -0.39 is 11.1 Å². The molecule has 5 nitrogen and oxygen atoms in total. The first-order chi connectivity index (χ1) is 8.08. The number of aromatic nitrogens is 3. The van der Waals surface area contributed by atoms with E-state index in [2.05, 4.69) is 20.9 Å². The molecule has 0 aliphatic heterocycles. The maximum Gasteiger partial charge on any atom is 0.316 e. The second-order valence-electron chi connectivity index (χ2n) is 3.62. The standard InChI is InChI=1S/C11H10BrN3O2/c1-14-4-5-15(11(17)10(14)16)7-9-3-2-8(12)6-13-9/h2-6H,7H2,1H3. The van der Waals surface area contributed by atoms with Crippen LogP contribution in [0.25, 0.3) is 0 Å². The van der Waals surface area contributed by atoms with Gasteiger partial charge in [0.25, 0.3) is 0 Å². The third-order valence-electron chi connectivity index (χ3n) is 2.36. The average molecular weight is 296 g/mol. The van der Waals surface area contributed by atoms with Gasteiger partial charge in [0, 0.05) is 30.1 Å². The highest BCUT2D eigenvalue weighted by molar-refractivity contribution is 9.10. The number of pyridine rings is 1. The van der Waals surface area contributed by atoms with Crippen molar-refractivity contribution in [3.05, 3.63) is 61.6 Å². The van der Waals surface area contributed by atoms with Crippen molar-refractivity contribution in [2.75, 3.05) is 0 Å². The van der Waals surface area contributed by atoms with E-state index >= 15 is 0 Å². The average Bonchev–Trinajstić information content (AvgIpc) is 2.33. The minimum Gasteiger partial charge on any atom is -0.312 e. The summed E-state index contributed by atoms with van der Waals surface area (Å²) in [6.07, 6.45) is 4.79. The lowest BCUT2D eigenvalue weighted by atomic mass is 10.3. The lowest BCUT2D eigenvalue weighted by Gasteiger charge is -2.05. The van der Waals surface area contributed by atoms with Crippen molar-refractivity contribution < 1.29 is 0 Å². The summed E-state index contributed by atoms with van der Waals surface area (Å²) >= 11 is 3.28. The summed E-state index contributed by atoms with van der Waals surface area (Å²) in [6, 6.07) is 3.64. The van der Waals surface area contributed by atoms with Crippen molar-refractivity contribution in [2.24, 2.45) is 7.05 Å². The lowest BCUT2D eigenvalue weighted by Crippen LogP contribution is -2.39. The van der Waals surface area contributed by atoms with Gasteiger partial charge in [-0.25, -0.2) is 0 Å². The Hall–Kier alpha value is -1.69. The van der Waals surface area contributed by atoms with E-state index in [4.69, 9.17) is 0 Å². The zero-order valence-corrected chi connectivity index (χ0v) is 10.7. The van der Waals surface area contributed by atoms with Crippen LogP contribution in [0.2, 0.25) is 0 Å². The lowest BCUT2D eigenvalue weighted by molar-refractivity contribution is 0.684. The monoisotopic (exact) mass is 295 g/mol. The number of rotatable bonds is 2. The van der Waals surface area contributed by atoms with Crippen molar-refractivity contribution in [1.29, 1.82) is 0 Å². The Morgan fingerprint density at radius 2 is 2.00 bits per heavy atom. The number of hydrogen-bond donors (Lipinski definition) is 0. The molecule has 88 valence electrons. The molecule has 2 aromatic heterocycles. The van der Waals surface area contributed by atoms with Gasteiger partial charge in [-0.05, 0) is 28.1 Å². The Balaban J connectivity index is 2.37. The quantitative estimate of drug-likeness (QED) is 0.769. The van der Waals surface area contributed by atoms with Crippen LogP contribution in [-0.4, -0.2) is 14.1 Å². The van der Waals surface area contributed by atoms with E-state index in [1.54, 1.807) is 31.7 Å². The number of nitrogens with zero attached hydrogens (tertiary/aromatic N) is 3. The van der Waals surface area contributed by atoms with Crippen LogP contribution in [0.1, 0.15) is 5.69 Å². The van der Waals surface area contributed by atoms with Crippen LogP contribution < -0.4 is 11.1 Å². The zero-order chi connectivity index (χ0) is 12.4. The summed E-state index contributed by atoms with van der Waals surface area (Å²) in [4.78, 5) is 27.2. The van der Waals surface area contributed by atoms with Gasteiger partial charge in [-0.15, -0.1) is 0 Å². The molecule has 0 N–H and O–H groups in total. The third kappa shape index (κ3) is 2.52. The van der Waals surface area contributed by atoms with Gasteiger partial charge in [-0.2, -0.15) is 0 Å². The first kappa shape index (κ1) is 11.8. The topological polar surface area (TPSA) is 56.9 Å². The first-order valence-corrected chi connectivity index (χ1v) is 5.74.